The van der Waals surface area contributed by atoms with Crippen LogP contribution in [0.5, 0.6) is 0 Å². The van der Waals surface area contributed by atoms with Gasteiger partial charge in [-0.1, -0.05) is 0 Å². The molecule has 0 saturated carbocycles. The summed E-state index contributed by atoms with van der Waals surface area (Å²) < 4.78 is 0. The van der Waals surface area contributed by atoms with Crippen LogP contribution >= 0.6 is 0 Å². The average molecular weight is 247 g/mol. The van der Waals surface area contributed by atoms with E-state index in [0.717, 1.165) is 5.39 Å². The molecule has 0 amide bonds. The van der Waals surface area contributed by atoms with Crippen LogP contribution in [-0.2, 0) is 0 Å². The number of benzene rings is 1. The average Bonchev–Trinajstić information content (AvgIpc) is 2.38. The van der Waals surface area contributed by atoms with E-state index in [9.17, 15) is 4.79 Å². The Bertz CT molecular complexity index is 571. The van der Waals surface area contributed by atoms with Gasteiger partial charge in [0.05, 0.1) is 11.1 Å². The van der Waals surface area contributed by atoms with Gasteiger partial charge in [0, 0.05) is 18.5 Å². The number of carboxylic acids is 1. The van der Waals surface area contributed by atoms with Gasteiger partial charge in [-0.25, -0.2) is 14.8 Å². The highest BCUT2D eigenvalue weighted by atomic mass is 16.4. The molecule has 18 heavy (non-hydrogen) atoms. The SMILES string of the molecule is O=C(O)c1ccc2c(NCCCO)ncnc2c1. The number of aliphatic hydroxyl groups excluding tert-OH is 1. The number of hydrogen-bond donors (Lipinski definition) is 3. The highest BCUT2D eigenvalue weighted by Gasteiger charge is 2.07. The predicted octanol–water partition coefficient (Wildman–Crippen LogP) is 1.12. The van der Waals surface area contributed by atoms with Gasteiger partial charge in [-0.3, -0.25) is 0 Å². The Morgan fingerprint density at radius 2 is 2.17 bits per heavy atom. The van der Waals surface area contributed by atoms with Gasteiger partial charge in [-0.05, 0) is 24.6 Å². The van der Waals surface area contributed by atoms with E-state index in [1.807, 2.05) is 0 Å². The lowest BCUT2D eigenvalue weighted by Gasteiger charge is -2.07. The molecule has 1 aromatic carbocycles. The maximum Gasteiger partial charge on any atom is 0.335 e. The van der Waals surface area contributed by atoms with Crippen LogP contribution in [0.1, 0.15) is 16.8 Å². The fraction of sp³-hybridized carbons (Fsp3) is 0.250. The number of aromatic carboxylic acids is 1. The van der Waals surface area contributed by atoms with Crippen molar-refractivity contribution in [2.75, 3.05) is 18.5 Å². The standard InChI is InChI=1S/C12H13N3O3/c16-5-1-4-13-11-9-3-2-8(12(17)18)6-10(9)14-7-15-11/h2-3,6-7,16H,1,4-5H2,(H,17,18)(H,13,14,15). The van der Waals surface area contributed by atoms with E-state index in [4.69, 9.17) is 10.2 Å². The Morgan fingerprint density at radius 3 is 2.89 bits per heavy atom. The minimum atomic E-state index is -0.981. The van der Waals surface area contributed by atoms with Crippen LogP contribution < -0.4 is 5.32 Å². The molecule has 2 rings (SSSR count). The largest absolute Gasteiger partial charge is 0.478 e. The molecule has 6 nitrogen and oxygen atoms in total. The van der Waals surface area contributed by atoms with E-state index in [2.05, 4.69) is 15.3 Å². The summed E-state index contributed by atoms with van der Waals surface area (Å²) >= 11 is 0. The molecule has 2 aromatic rings. The second kappa shape index (κ2) is 5.42. The van der Waals surface area contributed by atoms with Crippen molar-refractivity contribution < 1.29 is 15.0 Å². The lowest BCUT2D eigenvalue weighted by atomic mass is 10.1. The summed E-state index contributed by atoms with van der Waals surface area (Å²) in [6.45, 7) is 0.711. The molecule has 0 aliphatic carbocycles. The summed E-state index contributed by atoms with van der Waals surface area (Å²) in [4.78, 5) is 19.0. The van der Waals surface area contributed by atoms with Crippen molar-refractivity contribution in [3.05, 3.63) is 30.1 Å². The summed E-state index contributed by atoms with van der Waals surface area (Å²) in [7, 11) is 0. The van der Waals surface area contributed by atoms with Gasteiger partial charge < -0.3 is 15.5 Å². The number of nitrogens with one attached hydrogen (secondary N) is 1. The highest BCUT2D eigenvalue weighted by molar-refractivity contribution is 5.96. The fourth-order valence-electron chi connectivity index (χ4n) is 1.62. The molecule has 0 spiro atoms. The minimum absolute atomic E-state index is 0.110. The van der Waals surface area contributed by atoms with Crippen LogP contribution in [0.25, 0.3) is 10.9 Å². The van der Waals surface area contributed by atoms with Crippen LogP contribution in [0.4, 0.5) is 5.82 Å². The van der Waals surface area contributed by atoms with Crippen molar-refractivity contribution in [3.8, 4) is 0 Å². The van der Waals surface area contributed by atoms with Crippen LogP contribution in [-0.4, -0.2) is 39.3 Å². The number of hydrogen-bond acceptors (Lipinski definition) is 5. The van der Waals surface area contributed by atoms with Gasteiger partial charge in [0.1, 0.15) is 12.1 Å². The van der Waals surface area contributed by atoms with Crippen molar-refractivity contribution in [1.29, 1.82) is 0 Å². The first-order chi connectivity index (χ1) is 8.72. The van der Waals surface area contributed by atoms with Gasteiger partial charge in [0.2, 0.25) is 0 Å². The third-order valence-corrected chi connectivity index (χ3v) is 2.51. The van der Waals surface area contributed by atoms with Gasteiger partial charge >= 0.3 is 5.97 Å². The Balaban J connectivity index is 2.34. The summed E-state index contributed by atoms with van der Waals surface area (Å²) in [5.41, 5.74) is 0.777. The number of fused-ring (bicyclic) bond motifs is 1. The third kappa shape index (κ3) is 2.54. The first-order valence-corrected chi connectivity index (χ1v) is 5.55. The first-order valence-electron chi connectivity index (χ1n) is 5.55. The molecule has 0 aliphatic heterocycles. The van der Waals surface area contributed by atoms with Gasteiger partial charge in [0.25, 0.3) is 0 Å². The van der Waals surface area contributed by atoms with Gasteiger partial charge in [0.15, 0.2) is 0 Å². The fourth-order valence-corrected chi connectivity index (χ4v) is 1.62. The quantitative estimate of drug-likeness (QED) is 0.685. The number of aromatic nitrogens is 2. The number of anilines is 1. The first kappa shape index (κ1) is 12.3. The van der Waals surface area contributed by atoms with E-state index < -0.39 is 5.97 Å². The summed E-state index contributed by atoms with van der Waals surface area (Å²) in [6, 6.07) is 4.71. The van der Waals surface area contributed by atoms with Crippen molar-refractivity contribution in [2.45, 2.75) is 6.42 Å². The van der Waals surface area contributed by atoms with Crippen LogP contribution in [0.3, 0.4) is 0 Å². The molecule has 6 heteroatoms. The lowest BCUT2D eigenvalue weighted by Crippen LogP contribution is -2.06. The second-order valence-corrected chi connectivity index (χ2v) is 3.76. The molecule has 0 unspecified atom stereocenters. The van der Waals surface area contributed by atoms with E-state index >= 15 is 0 Å². The molecule has 1 aromatic heterocycles. The lowest BCUT2D eigenvalue weighted by molar-refractivity contribution is 0.0697. The second-order valence-electron chi connectivity index (χ2n) is 3.76. The van der Waals surface area contributed by atoms with Gasteiger partial charge in [-0.15, -0.1) is 0 Å². The normalized spacial score (nSPS) is 10.5. The van der Waals surface area contributed by atoms with Crippen molar-refractivity contribution >= 4 is 22.7 Å². The molecule has 0 aliphatic rings. The minimum Gasteiger partial charge on any atom is -0.478 e. The predicted molar refractivity (Wildman–Crippen MR) is 66.7 cm³/mol. The summed E-state index contributed by atoms with van der Waals surface area (Å²) in [5.74, 6) is -0.337. The topological polar surface area (TPSA) is 95.3 Å². The summed E-state index contributed by atoms with van der Waals surface area (Å²) in [6.07, 6.45) is 2.01. The van der Waals surface area contributed by atoms with Crippen LogP contribution in [0, 0.1) is 0 Å². The van der Waals surface area contributed by atoms with Crippen LogP contribution in [0.15, 0.2) is 24.5 Å². The monoisotopic (exact) mass is 247 g/mol. The maximum atomic E-state index is 10.9. The Morgan fingerprint density at radius 1 is 1.33 bits per heavy atom. The van der Waals surface area contributed by atoms with E-state index in [-0.39, 0.29) is 12.2 Å². The molecular weight excluding hydrogens is 234 g/mol. The molecule has 0 fully saturated rings. The van der Waals surface area contributed by atoms with E-state index in [0.29, 0.717) is 24.3 Å². The Hall–Kier alpha value is -2.21. The molecule has 0 atom stereocenters. The van der Waals surface area contributed by atoms with E-state index in [1.165, 1.54) is 18.5 Å². The Labute approximate surface area is 103 Å². The maximum absolute atomic E-state index is 10.9. The molecule has 1 heterocycles. The van der Waals surface area contributed by atoms with E-state index in [1.54, 1.807) is 6.07 Å². The molecule has 3 N–H and O–H groups in total. The molecule has 0 bridgehead atoms. The zero-order chi connectivity index (χ0) is 13.0. The number of rotatable bonds is 5. The van der Waals surface area contributed by atoms with Crippen molar-refractivity contribution in [3.63, 3.8) is 0 Å². The highest BCUT2D eigenvalue weighted by Crippen LogP contribution is 2.20. The van der Waals surface area contributed by atoms with Crippen molar-refractivity contribution in [2.24, 2.45) is 0 Å². The molecule has 94 valence electrons. The third-order valence-electron chi connectivity index (χ3n) is 2.51. The number of aliphatic hydroxyl groups is 1. The zero-order valence-electron chi connectivity index (χ0n) is 9.63. The molecule has 0 radical (unpaired) electrons. The smallest absolute Gasteiger partial charge is 0.335 e. The molecule has 0 saturated heterocycles. The van der Waals surface area contributed by atoms with Crippen molar-refractivity contribution in [1.82, 2.24) is 9.97 Å². The summed E-state index contributed by atoms with van der Waals surface area (Å²) in [5, 5.41) is 21.5. The Kier molecular flexibility index (Phi) is 3.69. The van der Waals surface area contributed by atoms with Gasteiger partial charge in [-0.2, -0.15) is 0 Å². The zero-order valence-corrected chi connectivity index (χ0v) is 9.63. The molecular formula is C12H13N3O3. The number of nitrogens with zero attached hydrogens (tertiary/aromatic N) is 2. The van der Waals surface area contributed by atoms with Crippen LogP contribution in [0.2, 0.25) is 0 Å². The number of carboxylic acid groups (broad SMARTS) is 1. The number of carbonyl (C=O) groups is 1.